The fraction of sp³-hybridized carbons (Fsp3) is 0.786. The molecule has 3 fully saturated rings. The highest BCUT2D eigenvalue weighted by Gasteiger charge is 2.62. The van der Waals surface area contributed by atoms with Gasteiger partial charge in [-0.25, -0.2) is 13.2 Å². The molecule has 5 nitrogen and oxygen atoms in total. The fourth-order valence-corrected chi connectivity index (χ4v) is 5.65. The molecule has 0 N–H and O–H groups in total. The predicted molar refractivity (Wildman–Crippen MR) is 68.5 cm³/mol. The van der Waals surface area contributed by atoms with Crippen LogP contribution in [0.3, 0.4) is 0 Å². The van der Waals surface area contributed by atoms with Gasteiger partial charge in [0.25, 0.3) is 0 Å². The molecule has 4 aliphatic carbocycles. The van der Waals surface area contributed by atoms with Gasteiger partial charge in [-0.1, -0.05) is 12.2 Å². The van der Waals surface area contributed by atoms with Gasteiger partial charge in [-0.05, 0) is 54.8 Å². The van der Waals surface area contributed by atoms with Crippen LogP contribution < -0.4 is 0 Å². The normalized spacial score (nSPS) is 45.3. The van der Waals surface area contributed by atoms with Gasteiger partial charge < -0.3 is 9.29 Å². The number of halogens is 2. The summed E-state index contributed by atoms with van der Waals surface area (Å²) in [6.07, 6.45) is 6.09. The van der Waals surface area contributed by atoms with Crippen molar-refractivity contribution in [3.05, 3.63) is 12.2 Å². The summed E-state index contributed by atoms with van der Waals surface area (Å²) in [5.74, 6) is -0.0484. The predicted octanol–water partition coefficient (Wildman–Crippen LogP) is 1.51. The Morgan fingerprint density at radius 3 is 2.41 bits per heavy atom. The molecule has 3 saturated carbocycles. The summed E-state index contributed by atoms with van der Waals surface area (Å²) in [7, 11) is -6.05. The number of carbonyl (C=O) groups excluding carboxylic acids is 1. The summed E-state index contributed by atoms with van der Waals surface area (Å²) < 4.78 is 62.8. The first-order valence-corrected chi connectivity index (χ1v) is 8.83. The van der Waals surface area contributed by atoms with Gasteiger partial charge in [-0.15, -0.1) is 0 Å². The van der Waals surface area contributed by atoms with Gasteiger partial charge in [0.1, 0.15) is 6.10 Å². The third-order valence-corrected chi connectivity index (χ3v) is 6.81. The number of ether oxygens (including phenoxy) is 1. The smallest absolute Gasteiger partial charge is 0.428 e. The van der Waals surface area contributed by atoms with E-state index in [1.165, 1.54) is 0 Å². The molecule has 4 bridgehead atoms. The van der Waals surface area contributed by atoms with Crippen molar-refractivity contribution in [3.63, 3.8) is 0 Å². The molecule has 7 unspecified atom stereocenters. The highest BCUT2D eigenvalue weighted by Crippen LogP contribution is 2.65. The quantitative estimate of drug-likeness (QED) is 0.338. The van der Waals surface area contributed by atoms with E-state index in [1.807, 2.05) is 0 Å². The number of fused-ring (bicyclic) bond motifs is 9. The van der Waals surface area contributed by atoms with Crippen molar-refractivity contribution in [2.75, 3.05) is 0 Å². The first-order valence-electron chi connectivity index (χ1n) is 7.43. The Balaban J connectivity index is 1.51. The molecule has 7 atom stereocenters. The molecule has 22 heavy (non-hydrogen) atoms. The minimum Gasteiger partial charge on any atom is -0.743 e. The van der Waals surface area contributed by atoms with Gasteiger partial charge in [-0.2, -0.15) is 8.78 Å². The van der Waals surface area contributed by atoms with Crippen LogP contribution in [0, 0.1) is 35.5 Å². The highest BCUT2D eigenvalue weighted by atomic mass is 32.2. The van der Waals surface area contributed by atoms with E-state index in [2.05, 4.69) is 12.2 Å². The zero-order chi connectivity index (χ0) is 15.9. The minimum atomic E-state index is -6.05. The first kappa shape index (κ1) is 14.6. The highest BCUT2D eigenvalue weighted by molar-refractivity contribution is 7.87. The van der Waals surface area contributed by atoms with E-state index in [0.29, 0.717) is 36.0 Å². The molecule has 0 aromatic heterocycles. The summed E-state index contributed by atoms with van der Waals surface area (Å²) in [4.78, 5) is 11.4. The number of alkyl halides is 2. The van der Waals surface area contributed by atoms with Crippen molar-refractivity contribution in [1.82, 2.24) is 0 Å². The molecule has 0 aliphatic heterocycles. The Hall–Kier alpha value is -1.02. The third kappa shape index (κ3) is 1.76. The average Bonchev–Trinajstić information content (AvgIpc) is 3.15. The lowest BCUT2D eigenvalue weighted by atomic mass is 9.72. The molecule has 4 rings (SSSR count). The van der Waals surface area contributed by atoms with E-state index in [4.69, 9.17) is 4.74 Å². The van der Waals surface area contributed by atoms with Crippen LogP contribution in [0.5, 0.6) is 0 Å². The lowest BCUT2D eigenvalue weighted by Gasteiger charge is -2.36. The van der Waals surface area contributed by atoms with Crippen LogP contribution in [0.15, 0.2) is 12.2 Å². The number of allylic oxidation sites excluding steroid dienone is 2. The van der Waals surface area contributed by atoms with Crippen LogP contribution in [0.1, 0.15) is 19.3 Å². The zero-order valence-electron chi connectivity index (χ0n) is 11.5. The maximum absolute atomic E-state index is 13.3. The summed E-state index contributed by atoms with van der Waals surface area (Å²) >= 11 is 0. The lowest BCUT2D eigenvalue weighted by Crippen LogP contribution is -2.43. The maximum atomic E-state index is 13.3. The monoisotopic (exact) mass is 333 g/mol. The first-order chi connectivity index (χ1) is 10.2. The minimum absolute atomic E-state index is 0.00376. The molecule has 0 spiro atoms. The standard InChI is InChI=1S/C14H16F2O5S/c15-14(16,22(18,19)20)13(17)21-10-5-8-4-9(10)12-7-2-1-6(3-7)11(8)12/h1-2,6-12H,3-5H2,(H,18,19,20)/p-1. The fourth-order valence-electron chi connectivity index (χ4n) is 5.40. The molecule has 8 heteroatoms. The molecule has 4 aliphatic rings. The van der Waals surface area contributed by atoms with Crippen LogP contribution in [0.2, 0.25) is 0 Å². The van der Waals surface area contributed by atoms with Gasteiger partial charge in [0.05, 0.1) is 0 Å². The van der Waals surface area contributed by atoms with Crippen molar-refractivity contribution in [2.24, 2.45) is 35.5 Å². The van der Waals surface area contributed by atoms with Crippen LogP contribution in [0.4, 0.5) is 8.78 Å². The Morgan fingerprint density at radius 2 is 1.77 bits per heavy atom. The second kappa shape index (κ2) is 4.29. The number of rotatable bonds is 3. The van der Waals surface area contributed by atoms with E-state index in [9.17, 15) is 26.5 Å². The molecule has 0 heterocycles. The van der Waals surface area contributed by atoms with Crippen molar-refractivity contribution in [1.29, 1.82) is 0 Å². The number of hydrogen-bond donors (Lipinski definition) is 0. The van der Waals surface area contributed by atoms with Gasteiger partial charge in [-0.3, -0.25) is 0 Å². The van der Waals surface area contributed by atoms with Gasteiger partial charge in [0.15, 0.2) is 10.1 Å². The van der Waals surface area contributed by atoms with Crippen LogP contribution in [0.25, 0.3) is 0 Å². The van der Waals surface area contributed by atoms with Crippen molar-refractivity contribution in [3.8, 4) is 0 Å². The molecule has 0 radical (unpaired) electrons. The topological polar surface area (TPSA) is 83.5 Å². The second-order valence-corrected chi connectivity index (χ2v) is 8.33. The zero-order valence-corrected chi connectivity index (χ0v) is 12.3. The Bertz CT molecular complexity index is 658. The summed E-state index contributed by atoms with van der Waals surface area (Å²) in [6.45, 7) is 0. The summed E-state index contributed by atoms with van der Waals surface area (Å²) in [6, 6.07) is 0. The van der Waals surface area contributed by atoms with Crippen LogP contribution in [-0.4, -0.2) is 30.3 Å². The average molecular weight is 333 g/mol. The van der Waals surface area contributed by atoms with E-state index in [1.54, 1.807) is 0 Å². The summed E-state index contributed by atoms with van der Waals surface area (Å²) in [5, 5.41) is -5.01. The largest absolute Gasteiger partial charge is 0.743 e. The molecule has 0 amide bonds. The number of esters is 1. The SMILES string of the molecule is O=C(OC1CC2CC1C1C3C=CC(C3)C21)C(F)(F)S(=O)(=O)[O-]. The number of hydrogen-bond acceptors (Lipinski definition) is 5. The van der Waals surface area contributed by atoms with E-state index >= 15 is 0 Å². The lowest BCUT2D eigenvalue weighted by molar-refractivity contribution is -0.171. The molecule has 0 saturated heterocycles. The number of carbonyl (C=O) groups is 1. The Labute approximate surface area is 126 Å². The van der Waals surface area contributed by atoms with Crippen LogP contribution >= 0.6 is 0 Å². The Kier molecular flexibility index (Phi) is 2.84. The van der Waals surface area contributed by atoms with Crippen molar-refractivity contribution in [2.45, 2.75) is 30.6 Å². The van der Waals surface area contributed by atoms with Gasteiger partial charge >= 0.3 is 11.2 Å². The molecule has 122 valence electrons. The van der Waals surface area contributed by atoms with Crippen LogP contribution in [-0.2, 0) is 19.6 Å². The Morgan fingerprint density at radius 1 is 1.14 bits per heavy atom. The molecule has 0 aromatic rings. The van der Waals surface area contributed by atoms with Crippen molar-refractivity contribution < 1.29 is 31.3 Å². The third-order valence-electron chi connectivity index (χ3n) is 6.02. The van der Waals surface area contributed by atoms with Crippen molar-refractivity contribution >= 4 is 16.1 Å². The second-order valence-electron chi connectivity index (χ2n) is 6.91. The van der Waals surface area contributed by atoms with Gasteiger partial charge in [0.2, 0.25) is 0 Å². The summed E-state index contributed by atoms with van der Waals surface area (Å²) in [5.41, 5.74) is 0. The van der Waals surface area contributed by atoms with E-state index in [-0.39, 0.29) is 5.92 Å². The molecule has 0 aromatic carbocycles. The van der Waals surface area contributed by atoms with Gasteiger partial charge in [0, 0.05) is 0 Å². The van der Waals surface area contributed by atoms with E-state index in [0.717, 1.165) is 12.8 Å². The van der Waals surface area contributed by atoms with E-state index < -0.39 is 27.4 Å². The molecular formula is C14H15F2O5S-. The maximum Gasteiger partial charge on any atom is 0.428 e. The molecular weight excluding hydrogens is 318 g/mol.